The van der Waals surface area contributed by atoms with Gasteiger partial charge in [-0.1, -0.05) is 0 Å². The van der Waals surface area contributed by atoms with Crippen molar-refractivity contribution in [3.05, 3.63) is 33.9 Å². The third kappa shape index (κ3) is 3.22. The molecule has 2 N–H and O–H groups in total. The third-order valence-electron chi connectivity index (χ3n) is 2.37. The van der Waals surface area contributed by atoms with E-state index in [1.165, 1.54) is 23.0 Å². The molecule has 0 fully saturated rings. The molecule has 0 aliphatic carbocycles. The van der Waals surface area contributed by atoms with Crippen molar-refractivity contribution in [3.63, 3.8) is 0 Å². The summed E-state index contributed by atoms with van der Waals surface area (Å²) in [6.07, 6.45) is 1.78. The average molecular weight is 282 g/mol. The van der Waals surface area contributed by atoms with E-state index in [1.54, 1.807) is 6.92 Å². The highest BCUT2D eigenvalue weighted by molar-refractivity contribution is 7.09. The van der Waals surface area contributed by atoms with Gasteiger partial charge in [0, 0.05) is 18.3 Å². The van der Waals surface area contributed by atoms with Gasteiger partial charge in [-0.2, -0.15) is 0 Å². The summed E-state index contributed by atoms with van der Waals surface area (Å²) in [6.45, 7) is 1.97. The van der Waals surface area contributed by atoms with E-state index in [-0.39, 0.29) is 17.2 Å². The molecule has 0 aliphatic heterocycles. The molecule has 2 rings (SSSR count). The number of carboxylic acid groups (broad SMARTS) is 1. The van der Waals surface area contributed by atoms with Crippen LogP contribution in [-0.2, 0) is 6.42 Å². The van der Waals surface area contributed by atoms with Gasteiger partial charge in [-0.15, -0.1) is 11.3 Å². The molecule has 0 spiro atoms. The Hall–Kier alpha value is -2.09. The van der Waals surface area contributed by atoms with Gasteiger partial charge in [-0.3, -0.25) is 0 Å². The minimum absolute atomic E-state index is 0.0315. The molecule has 0 amide bonds. The van der Waals surface area contributed by atoms with E-state index < -0.39 is 11.8 Å². The number of anilines is 1. The van der Waals surface area contributed by atoms with Gasteiger partial charge >= 0.3 is 5.97 Å². The van der Waals surface area contributed by atoms with Gasteiger partial charge in [-0.25, -0.2) is 24.1 Å². The van der Waals surface area contributed by atoms with Gasteiger partial charge in [0.1, 0.15) is 6.33 Å². The minimum Gasteiger partial charge on any atom is -0.476 e. The molecular weight excluding hydrogens is 271 g/mol. The molecule has 2 heterocycles. The standard InChI is InChI=1S/C11H11FN4O2S/c1-6-9(12)10(15-5-14-6)13-3-2-8-16-7(4-19-8)11(17)18/h4-5H,2-3H2,1H3,(H,17,18)(H,13,14,15). The molecular formula is C11H11FN4O2S. The van der Waals surface area contributed by atoms with Crippen molar-refractivity contribution >= 4 is 23.1 Å². The van der Waals surface area contributed by atoms with E-state index in [2.05, 4.69) is 20.3 Å². The number of nitrogens with one attached hydrogen (secondary N) is 1. The van der Waals surface area contributed by atoms with Gasteiger partial charge in [0.15, 0.2) is 17.3 Å². The van der Waals surface area contributed by atoms with E-state index in [9.17, 15) is 9.18 Å². The molecule has 2 aromatic rings. The minimum atomic E-state index is -1.05. The molecule has 100 valence electrons. The van der Waals surface area contributed by atoms with Crippen LogP contribution in [0.1, 0.15) is 21.2 Å². The fourth-order valence-corrected chi connectivity index (χ4v) is 2.17. The van der Waals surface area contributed by atoms with E-state index >= 15 is 0 Å². The Morgan fingerprint density at radius 2 is 2.32 bits per heavy atom. The van der Waals surface area contributed by atoms with Gasteiger partial charge in [0.25, 0.3) is 0 Å². The maximum absolute atomic E-state index is 13.6. The third-order valence-corrected chi connectivity index (χ3v) is 3.27. The highest BCUT2D eigenvalue weighted by Gasteiger charge is 2.09. The topological polar surface area (TPSA) is 88.0 Å². The Balaban J connectivity index is 1.92. The number of thiazole rings is 1. The number of carboxylic acids is 1. The zero-order valence-corrected chi connectivity index (χ0v) is 10.9. The van der Waals surface area contributed by atoms with Gasteiger partial charge in [0.2, 0.25) is 0 Å². The molecule has 2 aromatic heterocycles. The zero-order chi connectivity index (χ0) is 13.8. The molecule has 0 atom stereocenters. The zero-order valence-electron chi connectivity index (χ0n) is 10.1. The first-order valence-corrected chi connectivity index (χ1v) is 6.34. The number of hydrogen-bond acceptors (Lipinski definition) is 6. The van der Waals surface area contributed by atoms with Crippen LogP contribution in [0.5, 0.6) is 0 Å². The summed E-state index contributed by atoms with van der Waals surface area (Å²) >= 11 is 1.26. The van der Waals surface area contributed by atoms with Gasteiger partial charge in [-0.05, 0) is 6.92 Å². The van der Waals surface area contributed by atoms with Crippen molar-refractivity contribution in [2.75, 3.05) is 11.9 Å². The molecule has 0 aromatic carbocycles. The number of aryl methyl sites for hydroxylation is 1. The van der Waals surface area contributed by atoms with Crippen molar-refractivity contribution in [3.8, 4) is 0 Å². The SMILES string of the molecule is Cc1ncnc(NCCc2nc(C(=O)O)cs2)c1F. The smallest absolute Gasteiger partial charge is 0.355 e. The monoisotopic (exact) mass is 282 g/mol. The fourth-order valence-electron chi connectivity index (χ4n) is 1.39. The van der Waals surface area contributed by atoms with Crippen LogP contribution >= 0.6 is 11.3 Å². The number of aromatic nitrogens is 3. The lowest BCUT2D eigenvalue weighted by molar-refractivity contribution is 0.0691. The summed E-state index contributed by atoms with van der Waals surface area (Å²) in [5, 5.41) is 13.7. The summed E-state index contributed by atoms with van der Waals surface area (Å²) in [6, 6.07) is 0. The molecule has 8 heteroatoms. The summed E-state index contributed by atoms with van der Waals surface area (Å²) in [5.41, 5.74) is 0.309. The Bertz CT molecular complexity index is 602. The summed E-state index contributed by atoms with van der Waals surface area (Å²) < 4.78 is 13.6. The molecule has 0 bridgehead atoms. The second-order valence-electron chi connectivity index (χ2n) is 3.73. The van der Waals surface area contributed by atoms with Crippen molar-refractivity contribution in [2.24, 2.45) is 0 Å². The molecule has 0 saturated carbocycles. The largest absolute Gasteiger partial charge is 0.476 e. The first kappa shape index (κ1) is 13.3. The van der Waals surface area contributed by atoms with Crippen LogP contribution in [0.25, 0.3) is 0 Å². The highest BCUT2D eigenvalue weighted by Crippen LogP contribution is 2.13. The van der Waals surface area contributed by atoms with Crippen molar-refractivity contribution in [1.82, 2.24) is 15.0 Å². The number of aromatic carboxylic acids is 1. The van der Waals surface area contributed by atoms with Crippen LogP contribution in [-0.4, -0.2) is 32.6 Å². The lowest BCUT2D eigenvalue weighted by Crippen LogP contribution is -2.09. The summed E-state index contributed by atoms with van der Waals surface area (Å²) in [4.78, 5) is 22.1. The van der Waals surface area contributed by atoms with E-state index in [4.69, 9.17) is 5.11 Å². The molecule has 0 radical (unpaired) electrons. The predicted octanol–water partition coefficient (Wildman–Crippen LogP) is 1.73. The van der Waals surface area contributed by atoms with Crippen LogP contribution in [0, 0.1) is 12.7 Å². The molecule has 0 saturated heterocycles. The van der Waals surface area contributed by atoms with Crippen molar-refractivity contribution < 1.29 is 14.3 Å². The van der Waals surface area contributed by atoms with Crippen LogP contribution in [0.4, 0.5) is 10.2 Å². The Morgan fingerprint density at radius 3 is 3.00 bits per heavy atom. The van der Waals surface area contributed by atoms with E-state index in [0.29, 0.717) is 18.0 Å². The first-order valence-electron chi connectivity index (χ1n) is 5.46. The number of rotatable bonds is 5. The van der Waals surface area contributed by atoms with Crippen LogP contribution < -0.4 is 5.32 Å². The number of halogens is 1. The Labute approximate surface area is 112 Å². The Morgan fingerprint density at radius 1 is 1.53 bits per heavy atom. The number of nitrogens with zero attached hydrogens (tertiary/aromatic N) is 3. The predicted molar refractivity (Wildman–Crippen MR) is 68.0 cm³/mol. The van der Waals surface area contributed by atoms with Gasteiger partial charge < -0.3 is 10.4 Å². The van der Waals surface area contributed by atoms with E-state index in [1.807, 2.05) is 0 Å². The summed E-state index contributed by atoms with van der Waals surface area (Å²) in [5.74, 6) is -1.39. The number of carbonyl (C=O) groups is 1. The van der Waals surface area contributed by atoms with Crippen LogP contribution in [0.2, 0.25) is 0 Å². The van der Waals surface area contributed by atoms with Crippen LogP contribution in [0.3, 0.4) is 0 Å². The van der Waals surface area contributed by atoms with Gasteiger partial charge in [0.05, 0.1) is 10.7 Å². The average Bonchev–Trinajstić information content (AvgIpc) is 2.83. The maximum Gasteiger partial charge on any atom is 0.355 e. The van der Waals surface area contributed by atoms with Crippen molar-refractivity contribution in [2.45, 2.75) is 13.3 Å². The second-order valence-corrected chi connectivity index (χ2v) is 4.67. The maximum atomic E-state index is 13.6. The summed E-state index contributed by atoms with van der Waals surface area (Å²) in [7, 11) is 0. The lowest BCUT2D eigenvalue weighted by atomic mass is 10.4. The Kier molecular flexibility index (Phi) is 4.00. The quantitative estimate of drug-likeness (QED) is 0.868. The van der Waals surface area contributed by atoms with Crippen LogP contribution in [0.15, 0.2) is 11.7 Å². The normalized spacial score (nSPS) is 10.4. The molecule has 6 nitrogen and oxygen atoms in total. The fraction of sp³-hybridized carbons (Fsp3) is 0.273. The molecule has 0 unspecified atom stereocenters. The number of hydrogen-bond donors (Lipinski definition) is 2. The molecule has 19 heavy (non-hydrogen) atoms. The van der Waals surface area contributed by atoms with E-state index in [0.717, 1.165) is 0 Å². The molecule has 0 aliphatic rings. The highest BCUT2D eigenvalue weighted by atomic mass is 32.1. The lowest BCUT2D eigenvalue weighted by Gasteiger charge is -2.05. The van der Waals surface area contributed by atoms with Crippen molar-refractivity contribution in [1.29, 1.82) is 0 Å². The second kappa shape index (κ2) is 5.70. The first-order chi connectivity index (χ1) is 9.08.